The zero-order chi connectivity index (χ0) is 12.8. The molecular formula is C17H10O. The maximum absolute atomic E-state index is 11.7. The van der Waals surface area contributed by atoms with Crippen LogP contribution in [-0.4, -0.2) is 5.78 Å². The van der Waals surface area contributed by atoms with Crippen molar-refractivity contribution in [2.45, 2.75) is 0 Å². The third-order valence-corrected chi connectivity index (χ3v) is 2.41. The summed E-state index contributed by atoms with van der Waals surface area (Å²) in [6, 6.07) is 16.2. The summed E-state index contributed by atoms with van der Waals surface area (Å²) >= 11 is 0. The molecule has 2 rings (SSSR count). The summed E-state index contributed by atoms with van der Waals surface area (Å²) in [7, 11) is 0. The van der Waals surface area contributed by atoms with E-state index in [4.69, 9.17) is 6.42 Å². The van der Waals surface area contributed by atoms with Crippen LogP contribution >= 0.6 is 0 Å². The van der Waals surface area contributed by atoms with Gasteiger partial charge in [-0.2, -0.15) is 0 Å². The van der Waals surface area contributed by atoms with Crippen LogP contribution in [-0.2, 0) is 0 Å². The van der Waals surface area contributed by atoms with Crippen molar-refractivity contribution >= 4 is 5.78 Å². The highest BCUT2D eigenvalue weighted by Crippen LogP contribution is 2.02. The third-order valence-electron chi connectivity index (χ3n) is 2.41. The minimum absolute atomic E-state index is 0.184. The molecule has 0 atom stereocenters. The first-order chi connectivity index (χ1) is 8.79. The maximum atomic E-state index is 11.7. The number of ketones is 1. The van der Waals surface area contributed by atoms with Crippen molar-refractivity contribution in [2.24, 2.45) is 0 Å². The monoisotopic (exact) mass is 230 g/mol. The van der Waals surface area contributed by atoms with Crippen molar-refractivity contribution in [1.82, 2.24) is 0 Å². The molecule has 1 heteroatoms. The van der Waals surface area contributed by atoms with Gasteiger partial charge in [-0.1, -0.05) is 42.2 Å². The van der Waals surface area contributed by atoms with E-state index in [1.165, 1.54) is 0 Å². The highest BCUT2D eigenvalue weighted by molar-refractivity contribution is 6.09. The fourth-order valence-corrected chi connectivity index (χ4v) is 1.44. The lowest BCUT2D eigenvalue weighted by Crippen LogP contribution is -1.93. The van der Waals surface area contributed by atoms with Crippen LogP contribution in [0.4, 0.5) is 0 Å². The van der Waals surface area contributed by atoms with Gasteiger partial charge in [0.2, 0.25) is 5.78 Å². The van der Waals surface area contributed by atoms with E-state index in [1.807, 2.05) is 18.2 Å². The van der Waals surface area contributed by atoms with E-state index in [-0.39, 0.29) is 5.78 Å². The number of hydrogen-bond donors (Lipinski definition) is 0. The highest BCUT2D eigenvalue weighted by atomic mass is 16.1. The lowest BCUT2D eigenvalue weighted by molar-refractivity contribution is 0.105. The first-order valence-electron chi connectivity index (χ1n) is 5.47. The van der Waals surface area contributed by atoms with Gasteiger partial charge in [0.05, 0.1) is 0 Å². The molecule has 0 fully saturated rings. The third kappa shape index (κ3) is 2.88. The Morgan fingerprint density at radius 1 is 0.889 bits per heavy atom. The molecule has 2 aromatic rings. The van der Waals surface area contributed by atoms with E-state index in [1.54, 1.807) is 36.4 Å². The number of hydrogen-bond acceptors (Lipinski definition) is 1. The predicted molar refractivity (Wildman–Crippen MR) is 72.0 cm³/mol. The Morgan fingerprint density at radius 2 is 1.50 bits per heavy atom. The van der Waals surface area contributed by atoms with Crippen LogP contribution in [0.5, 0.6) is 0 Å². The molecular weight excluding hydrogens is 220 g/mol. The Kier molecular flexibility index (Phi) is 3.59. The second-order valence-electron chi connectivity index (χ2n) is 3.67. The van der Waals surface area contributed by atoms with Crippen molar-refractivity contribution in [2.75, 3.05) is 0 Å². The summed E-state index contributed by atoms with van der Waals surface area (Å²) in [4.78, 5) is 11.7. The van der Waals surface area contributed by atoms with Gasteiger partial charge in [0, 0.05) is 16.7 Å². The van der Waals surface area contributed by atoms with Crippen LogP contribution in [0.1, 0.15) is 21.5 Å². The summed E-state index contributed by atoms with van der Waals surface area (Å²) in [6.07, 6.45) is 5.26. The van der Waals surface area contributed by atoms with Gasteiger partial charge in [-0.15, -0.1) is 6.42 Å². The van der Waals surface area contributed by atoms with Crippen LogP contribution < -0.4 is 0 Å². The molecule has 0 aromatic heterocycles. The van der Waals surface area contributed by atoms with Crippen molar-refractivity contribution in [3.8, 4) is 24.2 Å². The summed E-state index contributed by atoms with van der Waals surface area (Å²) in [6.45, 7) is 0. The van der Waals surface area contributed by atoms with Crippen molar-refractivity contribution < 1.29 is 4.79 Å². The summed E-state index contributed by atoms with van der Waals surface area (Å²) < 4.78 is 0. The van der Waals surface area contributed by atoms with E-state index in [9.17, 15) is 4.79 Å². The SMILES string of the molecule is C#Cc1ccc(C#CC(=O)c2ccccc2)cc1. The fraction of sp³-hybridized carbons (Fsp3) is 0. The number of carbonyl (C=O) groups is 1. The Balaban J connectivity index is 2.17. The Morgan fingerprint density at radius 3 is 2.11 bits per heavy atom. The first kappa shape index (κ1) is 11.7. The predicted octanol–water partition coefficient (Wildman–Crippen LogP) is 2.90. The van der Waals surface area contributed by atoms with Gasteiger partial charge in [-0.3, -0.25) is 4.79 Å². The number of carbonyl (C=O) groups excluding carboxylic acids is 1. The normalized spacial score (nSPS) is 8.83. The summed E-state index contributed by atoms with van der Waals surface area (Å²) in [5, 5.41) is 0. The molecule has 0 aliphatic carbocycles. The van der Waals surface area contributed by atoms with E-state index < -0.39 is 0 Å². The molecule has 0 aliphatic heterocycles. The lowest BCUT2D eigenvalue weighted by Gasteiger charge is -1.92. The highest BCUT2D eigenvalue weighted by Gasteiger charge is 1.99. The first-order valence-corrected chi connectivity index (χ1v) is 5.47. The molecule has 0 radical (unpaired) electrons. The number of Topliss-reactive ketones (excluding diaryl/α,β-unsaturated/α-hetero) is 1. The molecule has 0 N–H and O–H groups in total. The van der Waals surface area contributed by atoms with Gasteiger partial charge in [0.15, 0.2) is 0 Å². The smallest absolute Gasteiger partial charge is 0.236 e. The second-order valence-corrected chi connectivity index (χ2v) is 3.67. The zero-order valence-electron chi connectivity index (χ0n) is 9.68. The molecule has 0 heterocycles. The van der Waals surface area contributed by atoms with Crippen molar-refractivity contribution in [3.05, 3.63) is 71.3 Å². The molecule has 0 amide bonds. The largest absolute Gasteiger partial charge is 0.279 e. The summed E-state index contributed by atoms with van der Waals surface area (Å²) in [5.41, 5.74) is 2.18. The average molecular weight is 230 g/mol. The number of benzene rings is 2. The minimum Gasteiger partial charge on any atom is -0.279 e. The van der Waals surface area contributed by atoms with E-state index in [0.717, 1.165) is 11.1 Å². The van der Waals surface area contributed by atoms with Crippen molar-refractivity contribution in [3.63, 3.8) is 0 Å². The quantitative estimate of drug-likeness (QED) is 0.544. The van der Waals surface area contributed by atoms with Crippen LogP contribution in [0.15, 0.2) is 54.6 Å². The van der Waals surface area contributed by atoms with Gasteiger partial charge in [0.1, 0.15) is 0 Å². The number of rotatable bonds is 1. The molecule has 0 unspecified atom stereocenters. The van der Waals surface area contributed by atoms with Gasteiger partial charge >= 0.3 is 0 Å². The molecule has 0 spiro atoms. The van der Waals surface area contributed by atoms with Crippen molar-refractivity contribution in [1.29, 1.82) is 0 Å². The lowest BCUT2D eigenvalue weighted by atomic mass is 10.1. The Hall–Kier alpha value is -2.77. The van der Waals surface area contributed by atoms with Crippen LogP contribution in [0, 0.1) is 24.2 Å². The van der Waals surface area contributed by atoms with Crippen LogP contribution in [0.2, 0.25) is 0 Å². The molecule has 0 aliphatic rings. The molecule has 84 valence electrons. The van der Waals surface area contributed by atoms with Crippen LogP contribution in [0.3, 0.4) is 0 Å². The van der Waals surface area contributed by atoms with E-state index in [2.05, 4.69) is 17.8 Å². The number of terminal acetylenes is 1. The Labute approximate surface area is 106 Å². The van der Waals surface area contributed by atoms with E-state index >= 15 is 0 Å². The maximum Gasteiger partial charge on any atom is 0.236 e. The van der Waals surface area contributed by atoms with Gasteiger partial charge in [-0.25, -0.2) is 0 Å². The standard InChI is InChI=1S/C17H10O/c1-2-14-8-10-15(11-9-14)12-13-17(18)16-6-4-3-5-7-16/h1,3-11H. The Bertz CT molecular complexity index is 647. The molecule has 1 nitrogen and oxygen atoms in total. The summed E-state index contributed by atoms with van der Waals surface area (Å²) in [5.74, 6) is 7.78. The van der Waals surface area contributed by atoms with Gasteiger partial charge in [0.25, 0.3) is 0 Å². The molecule has 0 bridgehead atoms. The van der Waals surface area contributed by atoms with E-state index in [0.29, 0.717) is 5.56 Å². The topological polar surface area (TPSA) is 17.1 Å². The zero-order valence-corrected chi connectivity index (χ0v) is 9.68. The fourth-order valence-electron chi connectivity index (χ4n) is 1.44. The van der Waals surface area contributed by atoms with Crippen LogP contribution in [0.25, 0.3) is 0 Å². The average Bonchev–Trinajstić information content (AvgIpc) is 2.46. The minimum atomic E-state index is -0.184. The van der Waals surface area contributed by atoms with Gasteiger partial charge < -0.3 is 0 Å². The molecule has 2 aromatic carbocycles. The van der Waals surface area contributed by atoms with Gasteiger partial charge in [-0.05, 0) is 30.2 Å². The molecule has 0 saturated heterocycles. The molecule has 0 saturated carbocycles. The molecule has 18 heavy (non-hydrogen) atoms. The second kappa shape index (κ2) is 5.53.